The molecule has 92 valence electrons. The van der Waals surface area contributed by atoms with Crippen molar-refractivity contribution in [2.24, 2.45) is 0 Å². The van der Waals surface area contributed by atoms with Crippen LogP contribution in [0.3, 0.4) is 0 Å². The van der Waals surface area contributed by atoms with Gasteiger partial charge in [-0.05, 0) is 35.9 Å². The maximum absolute atomic E-state index is 11.4. The van der Waals surface area contributed by atoms with Crippen molar-refractivity contribution in [1.29, 1.82) is 0 Å². The third-order valence-corrected chi connectivity index (χ3v) is 3.39. The molecule has 0 saturated carbocycles. The van der Waals surface area contributed by atoms with Crippen molar-refractivity contribution in [1.82, 2.24) is 9.97 Å². The maximum atomic E-state index is 11.4. The van der Waals surface area contributed by atoms with Crippen LogP contribution in [0.25, 0.3) is 22.4 Å². The molecule has 0 spiro atoms. The number of hydrogen-bond acceptors (Lipinski definition) is 2. The van der Waals surface area contributed by atoms with E-state index in [1.165, 1.54) is 0 Å². The lowest BCUT2D eigenvalue weighted by Gasteiger charge is -2.01. The first-order valence-corrected chi connectivity index (χ1v) is 6.17. The molecule has 2 heterocycles. The number of nitrogens with zero attached hydrogens (tertiary/aromatic N) is 1. The summed E-state index contributed by atoms with van der Waals surface area (Å²) >= 11 is 0. The number of aromatic nitrogens is 2. The monoisotopic (exact) mass is 249 g/mol. The minimum Gasteiger partial charge on any atom is -0.338 e. The predicted molar refractivity (Wildman–Crippen MR) is 73.9 cm³/mol. The van der Waals surface area contributed by atoms with Crippen LogP contribution in [-0.4, -0.2) is 15.9 Å². The third-order valence-electron chi connectivity index (χ3n) is 3.39. The zero-order chi connectivity index (χ0) is 12.8. The lowest BCUT2D eigenvalue weighted by Crippen LogP contribution is -2.03. The van der Waals surface area contributed by atoms with Crippen molar-refractivity contribution in [2.75, 3.05) is 5.32 Å². The number of anilines is 1. The van der Waals surface area contributed by atoms with E-state index in [2.05, 4.69) is 15.3 Å². The van der Waals surface area contributed by atoms with Crippen molar-refractivity contribution in [3.8, 4) is 11.4 Å². The normalized spacial score (nSPS) is 13.6. The molecule has 4 heteroatoms. The fraction of sp³-hybridized carbons (Fsp3) is 0.0667. The summed E-state index contributed by atoms with van der Waals surface area (Å²) in [6, 6.07) is 13.9. The average molecular weight is 249 g/mol. The maximum Gasteiger partial charge on any atom is 0.228 e. The van der Waals surface area contributed by atoms with Gasteiger partial charge in [0, 0.05) is 11.3 Å². The molecule has 0 bridgehead atoms. The van der Waals surface area contributed by atoms with E-state index in [1.807, 2.05) is 42.5 Å². The Balaban J connectivity index is 1.84. The Morgan fingerprint density at radius 3 is 2.89 bits per heavy atom. The van der Waals surface area contributed by atoms with Gasteiger partial charge >= 0.3 is 0 Å². The number of fused-ring (bicyclic) bond motifs is 2. The van der Waals surface area contributed by atoms with E-state index in [-0.39, 0.29) is 5.91 Å². The molecule has 2 aromatic carbocycles. The number of H-pyrrole nitrogens is 1. The summed E-state index contributed by atoms with van der Waals surface area (Å²) in [7, 11) is 0. The van der Waals surface area contributed by atoms with E-state index in [0.29, 0.717) is 6.42 Å². The summed E-state index contributed by atoms with van der Waals surface area (Å²) in [5.41, 5.74) is 4.92. The molecule has 19 heavy (non-hydrogen) atoms. The van der Waals surface area contributed by atoms with Gasteiger partial charge in [-0.3, -0.25) is 4.79 Å². The molecule has 2 N–H and O–H groups in total. The summed E-state index contributed by atoms with van der Waals surface area (Å²) in [6.07, 6.45) is 0.448. The van der Waals surface area contributed by atoms with Crippen molar-refractivity contribution < 1.29 is 4.79 Å². The SMILES string of the molecule is O=C1Cc2cc(-c3nc4ccccc4[nH]3)ccc2N1. The van der Waals surface area contributed by atoms with Gasteiger partial charge in [0.2, 0.25) is 5.91 Å². The first-order valence-electron chi connectivity index (χ1n) is 6.17. The Labute approximate surface area is 109 Å². The molecule has 1 aliphatic heterocycles. The van der Waals surface area contributed by atoms with Crippen LogP contribution in [0.4, 0.5) is 5.69 Å². The first kappa shape index (κ1) is 10.3. The van der Waals surface area contributed by atoms with E-state index in [4.69, 9.17) is 0 Å². The Morgan fingerprint density at radius 2 is 2.00 bits per heavy atom. The second kappa shape index (κ2) is 3.68. The van der Waals surface area contributed by atoms with Crippen molar-refractivity contribution in [3.05, 3.63) is 48.0 Å². The number of rotatable bonds is 1. The number of para-hydroxylation sites is 2. The van der Waals surface area contributed by atoms with Crippen LogP contribution in [0.1, 0.15) is 5.56 Å². The highest BCUT2D eigenvalue weighted by Gasteiger charge is 2.18. The van der Waals surface area contributed by atoms with E-state index in [1.54, 1.807) is 0 Å². The quantitative estimate of drug-likeness (QED) is 0.696. The number of benzene rings is 2. The molecule has 4 rings (SSSR count). The van der Waals surface area contributed by atoms with Gasteiger partial charge < -0.3 is 10.3 Å². The lowest BCUT2D eigenvalue weighted by molar-refractivity contribution is -0.115. The molecule has 0 fully saturated rings. The van der Waals surface area contributed by atoms with Crippen LogP contribution in [0, 0.1) is 0 Å². The zero-order valence-electron chi connectivity index (χ0n) is 10.1. The summed E-state index contributed by atoms with van der Waals surface area (Å²) in [5, 5.41) is 2.83. The molecular formula is C15H11N3O. The number of carbonyl (C=O) groups is 1. The predicted octanol–water partition coefficient (Wildman–Crippen LogP) is 2.72. The first-order chi connectivity index (χ1) is 9.29. The van der Waals surface area contributed by atoms with Gasteiger partial charge in [0.05, 0.1) is 17.5 Å². The second-order valence-corrected chi connectivity index (χ2v) is 4.70. The smallest absolute Gasteiger partial charge is 0.228 e. The van der Waals surface area contributed by atoms with E-state index < -0.39 is 0 Å². The molecule has 4 nitrogen and oxygen atoms in total. The highest BCUT2D eigenvalue weighted by atomic mass is 16.1. The Hall–Kier alpha value is -2.62. The molecule has 1 aromatic heterocycles. The molecule has 1 aliphatic rings. The van der Waals surface area contributed by atoms with Crippen molar-refractivity contribution in [3.63, 3.8) is 0 Å². The van der Waals surface area contributed by atoms with Crippen LogP contribution in [0.5, 0.6) is 0 Å². The highest BCUT2D eigenvalue weighted by molar-refractivity contribution is 5.99. The van der Waals surface area contributed by atoms with Gasteiger partial charge in [0.25, 0.3) is 0 Å². The number of amides is 1. The Bertz CT molecular complexity index is 771. The number of nitrogens with one attached hydrogen (secondary N) is 2. The van der Waals surface area contributed by atoms with Crippen molar-refractivity contribution in [2.45, 2.75) is 6.42 Å². The van der Waals surface area contributed by atoms with Gasteiger partial charge in [0.1, 0.15) is 5.82 Å². The van der Waals surface area contributed by atoms with E-state index in [9.17, 15) is 4.79 Å². The molecular weight excluding hydrogens is 238 g/mol. The van der Waals surface area contributed by atoms with Gasteiger partial charge in [-0.25, -0.2) is 4.98 Å². The summed E-state index contributed by atoms with van der Waals surface area (Å²) in [5.74, 6) is 0.889. The van der Waals surface area contributed by atoms with Crippen LogP contribution in [0.15, 0.2) is 42.5 Å². The third kappa shape index (κ3) is 1.61. The summed E-state index contributed by atoms with van der Waals surface area (Å²) in [4.78, 5) is 19.2. The minimum atomic E-state index is 0.0526. The zero-order valence-corrected chi connectivity index (χ0v) is 10.1. The Morgan fingerprint density at radius 1 is 1.11 bits per heavy atom. The van der Waals surface area contributed by atoms with Gasteiger partial charge in [-0.2, -0.15) is 0 Å². The molecule has 3 aromatic rings. The fourth-order valence-corrected chi connectivity index (χ4v) is 2.47. The fourth-order valence-electron chi connectivity index (χ4n) is 2.47. The van der Waals surface area contributed by atoms with Gasteiger partial charge in [0.15, 0.2) is 0 Å². The highest BCUT2D eigenvalue weighted by Crippen LogP contribution is 2.28. The Kier molecular flexibility index (Phi) is 2.00. The minimum absolute atomic E-state index is 0.0526. The lowest BCUT2D eigenvalue weighted by atomic mass is 10.1. The average Bonchev–Trinajstić information content (AvgIpc) is 2.99. The standard InChI is InChI=1S/C15H11N3O/c19-14-8-10-7-9(5-6-11(10)16-14)15-17-12-3-1-2-4-13(12)18-15/h1-7H,8H2,(H,16,19)(H,17,18). The van der Waals surface area contributed by atoms with Gasteiger partial charge in [-0.1, -0.05) is 12.1 Å². The molecule has 0 saturated heterocycles. The van der Waals surface area contributed by atoms with Gasteiger partial charge in [-0.15, -0.1) is 0 Å². The molecule has 0 radical (unpaired) electrons. The largest absolute Gasteiger partial charge is 0.338 e. The number of aromatic amines is 1. The van der Waals surface area contributed by atoms with Crippen LogP contribution in [0.2, 0.25) is 0 Å². The molecule has 0 atom stereocenters. The van der Waals surface area contributed by atoms with Crippen molar-refractivity contribution >= 4 is 22.6 Å². The number of carbonyl (C=O) groups excluding carboxylic acids is 1. The van der Waals surface area contributed by atoms with Crippen LogP contribution < -0.4 is 5.32 Å². The molecule has 0 aliphatic carbocycles. The molecule has 0 unspecified atom stereocenters. The number of imidazole rings is 1. The summed E-state index contributed by atoms with van der Waals surface area (Å²) in [6.45, 7) is 0. The summed E-state index contributed by atoms with van der Waals surface area (Å²) < 4.78 is 0. The van der Waals surface area contributed by atoms with Crippen LogP contribution in [-0.2, 0) is 11.2 Å². The van der Waals surface area contributed by atoms with Crippen LogP contribution >= 0.6 is 0 Å². The second-order valence-electron chi connectivity index (χ2n) is 4.70. The van der Waals surface area contributed by atoms with E-state index >= 15 is 0 Å². The van der Waals surface area contributed by atoms with E-state index in [0.717, 1.165) is 33.7 Å². The molecule has 1 amide bonds. The number of hydrogen-bond donors (Lipinski definition) is 2. The topological polar surface area (TPSA) is 57.8 Å².